The van der Waals surface area contributed by atoms with Crippen LogP contribution in [0.4, 0.5) is 0 Å². The lowest BCUT2D eigenvalue weighted by molar-refractivity contribution is -0.134. The van der Waals surface area contributed by atoms with Gasteiger partial charge in [0.2, 0.25) is 0 Å². The third kappa shape index (κ3) is 9.59. The lowest BCUT2D eigenvalue weighted by atomic mass is 10.1. The largest absolute Gasteiger partial charge is 0.427 e. The predicted octanol–water partition coefficient (Wildman–Crippen LogP) is 6.21. The topological polar surface area (TPSA) is 26.3 Å². The molecule has 0 saturated heterocycles. The summed E-state index contributed by atoms with van der Waals surface area (Å²) in [5.41, 5.74) is 1.18. The van der Waals surface area contributed by atoms with Crippen LogP contribution in [0, 0.1) is 6.92 Å². The number of rotatable bonds is 12. The Kier molecular flexibility index (Phi) is 10.4. The van der Waals surface area contributed by atoms with Crippen LogP contribution in [0.2, 0.25) is 0 Å². The van der Waals surface area contributed by atoms with Gasteiger partial charge < -0.3 is 4.74 Å². The van der Waals surface area contributed by atoms with Crippen LogP contribution >= 0.6 is 0 Å². The summed E-state index contributed by atoms with van der Waals surface area (Å²) in [4.78, 5) is 11.7. The number of esters is 1. The van der Waals surface area contributed by atoms with Crippen LogP contribution in [0.1, 0.15) is 83.1 Å². The average molecular weight is 304 g/mol. The van der Waals surface area contributed by atoms with Gasteiger partial charge in [0.05, 0.1) is 0 Å². The van der Waals surface area contributed by atoms with Crippen molar-refractivity contribution < 1.29 is 9.53 Å². The fourth-order valence-corrected chi connectivity index (χ4v) is 2.55. The molecule has 0 saturated carbocycles. The lowest BCUT2D eigenvalue weighted by Gasteiger charge is -2.05. The Morgan fingerprint density at radius 2 is 1.32 bits per heavy atom. The van der Waals surface area contributed by atoms with Crippen molar-refractivity contribution in [2.24, 2.45) is 0 Å². The van der Waals surface area contributed by atoms with E-state index in [9.17, 15) is 4.79 Å². The van der Waals surface area contributed by atoms with E-state index in [0.717, 1.165) is 12.8 Å². The Hall–Kier alpha value is -1.31. The molecule has 2 nitrogen and oxygen atoms in total. The molecule has 2 heteroatoms. The first kappa shape index (κ1) is 18.7. The van der Waals surface area contributed by atoms with Crippen LogP contribution in [0.25, 0.3) is 0 Å². The quantitative estimate of drug-likeness (QED) is 0.260. The zero-order valence-electron chi connectivity index (χ0n) is 14.4. The summed E-state index contributed by atoms with van der Waals surface area (Å²) in [6.45, 7) is 4.28. The van der Waals surface area contributed by atoms with E-state index in [1.165, 1.54) is 56.9 Å². The summed E-state index contributed by atoms with van der Waals surface area (Å²) in [6.07, 6.45) is 13.3. The molecule has 0 aliphatic carbocycles. The van der Waals surface area contributed by atoms with Gasteiger partial charge in [-0.25, -0.2) is 0 Å². The number of ether oxygens (including phenoxy) is 1. The number of unbranched alkanes of at least 4 members (excludes halogenated alkanes) is 9. The highest BCUT2D eigenvalue weighted by Crippen LogP contribution is 2.14. The molecule has 0 aromatic heterocycles. The highest BCUT2D eigenvalue weighted by Gasteiger charge is 2.04. The maximum atomic E-state index is 11.7. The molecule has 0 aliphatic rings. The van der Waals surface area contributed by atoms with Crippen LogP contribution in [-0.2, 0) is 4.79 Å². The molecular formula is C20H32O2. The van der Waals surface area contributed by atoms with Gasteiger partial charge in [-0.15, -0.1) is 0 Å². The number of carbonyl (C=O) groups excluding carboxylic acids is 1. The van der Waals surface area contributed by atoms with E-state index in [2.05, 4.69) is 6.92 Å². The van der Waals surface area contributed by atoms with Gasteiger partial charge in [-0.1, -0.05) is 82.4 Å². The molecule has 0 aliphatic heterocycles. The molecule has 22 heavy (non-hydrogen) atoms. The lowest BCUT2D eigenvalue weighted by Crippen LogP contribution is -2.07. The van der Waals surface area contributed by atoms with Crippen LogP contribution in [0.15, 0.2) is 24.3 Å². The normalized spacial score (nSPS) is 10.6. The Bertz CT molecular complexity index is 395. The summed E-state index contributed by atoms with van der Waals surface area (Å²) < 4.78 is 5.31. The summed E-state index contributed by atoms with van der Waals surface area (Å²) in [6, 6.07) is 7.63. The minimum atomic E-state index is -0.108. The minimum absolute atomic E-state index is 0.108. The summed E-state index contributed by atoms with van der Waals surface area (Å²) >= 11 is 0. The Morgan fingerprint density at radius 3 is 1.86 bits per heavy atom. The number of carbonyl (C=O) groups is 1. The van der Waals surface area contributed by atoms with E-state index >= 15 is 0 Å². The zero-order chi connectivity index (χ0) is 16.0. The van der Waals surface area contributed by atoms with Gasteiger partial charge in [-0.3, -0.25) is 4.79 Å². The standard InChI is InChI=1S/C20H32O2/c1-3-4-5-6-7-8-9-10-11-12-13-20(21)22-19-16-14-18(2)15-17-19/h14-17H,3-13H2,1-2H3. The van der Waals surface area contributed by atoms with Crippen LogP contribution in [0.5, 0.6) is 5.75 Å². The molecule has 1 aromatic carbocycles. The zero-order valence-corrected chi connectivity index (χ0v) is 14.4. The molecule has 0 bridgehead atoms. The monoisotopic (exact) mass is 304 g/mol. The Morgan fingerprint density at radius 1 is 0.818 bits per heavy atom. The first-order valence-corrected chi connectivity index (χ1v) is 8.99. The van der Waals surface area contributed by atoms with Crippen molar-refractivity contribution in [3.63, 3.8) is 0 Å². The maximum absolute atomic E-state index is 11.7. The van der Waals surface area contributed by atoms with Gasteiger partial charge in [-0.2, -0.15) is 0 Å². The minimum Gasteiger partial charge on any atom is -0.427 e. The van der Waals surface area contributed by atoms with Gasteiger partial charge in [0, 0.05) is 6.42 Å². The molecule has 0 heterocycles. The second-order valence-corrected chi connectivity index (χ2v) is 6.22. The summed E-state index contributed by atoms with van der Waals surface area (Å²) in [5, 5.41) is 0. The predicted molar refractivity (Wildman–Crippen MR) is 93.3 cm³/mol. The molecule has 124 valence electrons. The first-order chi connectivity index (χ1) is 10.7. The maximum Gasteiger partial charge on any atom is 0.311 e. The molecule has 0 atom stereocenters. The molecule has 0 fully saturated rings. The number of benzene rings is 1. The molecule has 0 N–H and O–H groups in total. The van der Waals surface area contributed by atoms with Gasteiger partial charge in [0.1, 0.15) is 5.75 Å². The van der Waals surface area contributed by atoms with Crippen LogP contribution in [-0.4, -0.2) is 5.97 Å². The SMILES string of the molecule is CCCCCCCCCCCCC(=O)Oc1ccc(C)cc1. The Labute approximate surface area is 136 Å². The van der Waals surface area contributed by atoms with E-state index in [-0.39, 0.29) is 5.97 Å². The van der Waals surface area contributed by atoms with Crippen molar-refractivity contribution in [2.45, 2.75) is 84.5 Å². The molecule has 1 rings (SSSR count). The van der Waals surface area contributed by atoms with E-state index in [1.807, 2.05) is 31.2 Å². The van der Waals surface area contributed by atoms with Gasteiger partial charge >= 0.3 is 5.97 Å². The second kappa shape index (κ2) is 12.3. The van der Waals surface area contributed by atoms with E-state index < -0.39 is 0 Å². The molecule has 0 amide bonds. The third-order valence-corrected chi connectivity index (χ3v) is 3.99. The fourth-order valence-electron chi connectivity index (χ4n) is 2.55. The first-order valence-electron chi connectivity index (χ1n) is 8.99. The van der Waals surface area contributed by atoms with Gasteiger partial charge in [-0.05, 0) is 25.5 Å². The highest BCUT2D eigenvalue weighted by molar-refractivity contribution is 5.72. The van der Waals surface area contributed by atoms with Crippen molar-refractivity contribution in [2.75, 3.05) is 0 Å². The van der Waals surface area contributed by atoms with E-state index in [4.69, 9.17) is 4.74 Å². The summed E-state index contributed by atoms with van der Waals surface area (Å²) in [5.74, 6) is 0.547. The Balaban J connectivity index is 1.93. The third-order valence-electron chi connectivity index (χ3n) is 3.99. The van der Waals surface area contributed by atoms with E-state index in [1.54, 1.807) is 0 Å². The molecule has 0 radical (unpaired) electrons. The van der Waals surface area contributed by atoms with Crippen molar-refractivity contribution >= 4 is 5.97 Å². The molecular weight excluding hydrogens is 272 g/mol. The number of hydrogen-bond acceptors (Lipinski definition) is 2. The fraction of sp³-hybridized carbons (Fsp3) is 0.650. The van der Waals surface area contributed by atoms with Crippen molar-refractivity contribution in [3.05, 3.63) is 29.8 Å². The van der Waals surface area contributed by atoms with Crippen molar-refractivity contribution in [1.29, 1.82) is 0 Å². The molecule has 0 spiro atoms. The smallest absolute Gasteiger partial charge is 0.311 e. The van der Waals surface area contributed by atoms with E-state index in [0.29, 0.717) is 12.2 Å². The average Bonchev–Trinajstić information content (AvgIpc) is 2.51. The number of hydrogen-bond donors (Lipinski definition) is 0. The van der Waals surface area contributed by atoms with Crippen molar-refractivity contribution in [1.82, 2.24) is 0 Å². The van der Waals surface area contributed by atoms with Crippen LogP contribution in [0.3, 0.4) is 0 Å². The van der Waals surface area contributed by atoms with Gasteiger partial charge in [0.15, 0.2) is 0 Å². The molecule has 1 aromatic rings. The van der Waals surface area contributed by atoms with Crippen LogP contribution < -0.4 is 4.74 Å². The van der Waals surface area contributed by atoms with Gasteiger partial charge in [0.25, 0.3) is 0 Å². The number of aryl methyl sites for hydroxylation is 1. The molecule has 0 unspecified atom stereocenters. The van der Waals surface area contributed by atoms with Crippen molar-refractivity contribution in [3.8, 4) is 5.75 Å². The summed E-state index contributed by atoms with van der Waals surface area (Å²) in [7, 11) is 0. The second-order valence-electron chi connectivity index (χ2n) is 6.22. The highest BCUT2D eigenvalue weighted by atomic mass is 16.5.